The molecule has 2 heterocycles. The average molecular weight is 381 g/mol. The van der Waals surface area contributed by atoms with Gasteiger partial charge < -0.3 is 15.0 Å². The van der Waals surface area contributed by atoms with Gasteiger partial charge in [0.05, 0.1) is 13.2 Å². The van der Waals surface area contributed by atoms with Gasteiger partial charge in [0.1, 0.15) is 18.0 Å². The average Bonchev–Trinajstić information content (AvgIpc) is 2.74. The van der Waals surface area contributed by atoms with E-state index in [2.05, 4.69) is 44.5 Å². The zero-order valence-electron chi connectivity index (χ0n) is 14.9. The Kier molecular flexibility index (Phi) is 5.51. The Bertz CT molecular complexity index is 895. The summed E-state index contributed by atoms with van der Waals surface area (Å²) in [5.74, 6) is 1.75. The summed E-state index contributed by atoms with van der Waals surface area (Å²) in [6.07, 6.45) is 1.61. The van der Waals surface area contributed by atoms with Crippen molar-refractivity contribution in [2.75, 3.05) is 36.5 Å². The van der Waals surface area contributed by atoms with E-state index in [1.807, 2.05) is 30.3 Å². The summed E-state index contributed by atoms with van der Waals surface area (Å²) < 4.78 is 5.41. The highest BCUT2D eigenvalue weighted by Gasteiger charge is 2.13. The molecule has 1 N–H and O–H groups in total. The molecule has 27 heavy (non-hydrogen) atoms. The number of halogens is 1. The van der Waals surface area contributed by atoms with Crippen molar-refractivity contribution in [1.29, 1.82) is 0 Å². The fourth-order valence-corrected chi connectivity index (χ4v) is 3.31. The van der Waals surface area contributed by atoms with Gasteiger partial charge in [0.15, 0.2) is 0 Å². The van der Waals surface area contributed by atoms with E-state index in [9.17, 15) is 0 Å². The van der Waals surface area contributed by atoms with E-state index in [1.54, 1.807) is 6.33 Å². The Morgan fingerprint density at radius 2 is 1.78 bits per heavy atom. The topological polar surface area (TPSA) is 50.3 Å². The number of rotatable bonds is 5. The summed E-state index contributed by atoms with van der Waals surface area (Å²) in [6, 6.07) is 18.3. The number of benzene rings is 2. The first kappa shape index (κ1) is 17.8. The fourth-order valence-electron chi connectivity index (χ4n) is 3.18. The normalized spacial score (nSPS) is 14.2. The van der Waals surface area contributed by atoms with Crippen molar-refractivity contribution in [3.63, 3.8) is 0 Å². The van der Waals surface area contributed by atoms with Gasteiger partial charge in [-0.05, 0) is 28.8 Å². The number of morpholine rings is 1. The molecule has 0 atom stereocenters. The Morgan fingerprint density at radius 1 is 1.00 bits per heavy atom. The standard InChI is InChI=1S/C21H21ClN4O/c22-18-7-5-16(6-8-18)19-4-2-1-3-17(19)14-23-20-13-21(25-15-24-20)26-9-11-27-12-10-26/h1-8,13,15H,9-12,14H2,(H,23,24,25). The maximum Gasteiger partial charge on any atom is 0.134 e. The van der Waals surface area contributed by atoms with Crippen LogP contribution in [0.5, 0.6) is 0 Å². The van der Waals surface area contributed by atoms with Crippen LogP contribution in [-0.2, 0) is 11.3 Å². The Balaban J connectivity index is 1.50. The Morgan fingerprint density at radius 3 is 2.59 bits per heavy atom. The van der Waals surface area contributed by atoms with Crippen molar-refractivity contribution in [3.8, 4) is 11.1 Å². The summed E-state index contributed by atoms with van der Waals surface area (Å²) in [4.78, 5) is 11.0. The zero-order valence-corrected chi connectivity index (χ0v) is 15.7. The van der Waals surface area contributed by atoms with Crippen molar-refractivity contribution < 1.29 is 4.74 Å². The van der Waals surface area contributed by atoms with Crippen molar-refractivity contribution in [2.45, 2.75) is 6.54 Å². The Hall–Kier alpha value is -2.63. The highest BCUT2D eigenvalue weighted by atomic mass is 35.5. The molecule has 1 aromatic heterocycles. The second kappa shape index (κ2) is 8.37. The molecule has 0 aliphatic carbocycles. The Labute approximate surface area is 164 Å². The van der Waals surface area contributed by atoms with Gasteiger partial charge in [0.25, 0.3) is 0 Å². The third-order valence-electron chi connectivity index (χ3n) is 4.62. The minimum Gasteiger partial charge on any atom is -0.378 e. The molecule has 2 aromatic carbocycles. The first-order chi connectivity index (χ1) is 13.3. The molecule has 138 valence electrons. The van der Waals surface area contributed by atoms with Gasteiger partial charge in [-0.1, -0.05) is 48.0 Å². The lowest BCUT2D eigenvalue weighted by Gasteiger charge is -2.27. The van der Waals surface area contributed by atoms with Crippen LogP contribution in [0.15, 0.2) is 60.9 Å². The van der Waals surface area contributed by atoms with Crippen molar-refractivity contribution in [1.82, 2.24) is 9.97 Å². The van der Waals surface area contributed by atoms with E-state index in [-0.39, 0.29) is 0 Å². The lowest BCUT2D eigenvalue weighted by molar-refractivity contribution is 0.122. The molecule has 5 nitrogen and oxygen atoms in total. The van der Waals surface area contributed by atoms with Crippen LogP contribution in [-0.4, -0.2) is 36.3 Å². The molecule has 0 radical (unpaired) electrons. The number of hydrogen-bond acceptors (Lipinski definition) is 5. The number of hydrogen-bond donors (Lipinski definition) is 1. The maximum absolute atomic E-state index is 6.02. The van der Waals surface area contributed by atoms with Gasteiger partial charge >= 0.3 is 0 Å². The summed E-state index contributed by atoms with van der Waals surface area (Å²) in [5.41, 5.74) is 3.53. The molecular formula is C21H21ClN4O. The van der Waals surface area contributed by atoms with Crippen molar-refractivity contribution in [3.05, 3.63) is 71.5 Å². The molecule has 1 aliphatic rings. The maximum atomic E-state index is 6.02. The minimum atomic E-state index is 0.679. The third kappa shape index (κ3) is 4.38. The van der Waals surface area contributed by atoms with Gasteiger partial charge in [0.2, 0.25) is 0 Å². The first-order valence-electron chi connectivity index (χ1n) is 9.02. The molecule has 1 aliphatic heterocycles. The van der Waals surface area contributed by atoms with Crippen LogP contribution in [0.1, 0.15) is 5.56 Å². The number of aromatic nitrogens is 2. The SMILES string of the molecule is Clc1ccc(-c2ccccc2CNc2cc(N3CCOCC3)ncn2)cc1. The number of nitrogens with one attached hydrogen (secondary N) is 1. The summed E-state index contributed by atoms with van der Waals surface area (Å²) >= 11 is 6.02. The molecule has 6 heteroatoms. The molecule has 0 unspecified atom stereocenters. The van der Waals surface area contributed by atoms with Gasteiger partial charge in [-0.3, -0.25) is 0 Å². The molecule has 0 spiro atoms. The molecule has 1 fully saturated rings. The van der Waals surface area contributed by atoms with E-state index in [4.69, 9.17) is 16.3 Å². The largest absolute Gasteiger partial charge is 0.378 e. The van der Waals surface area contributed by atoms with E-state index >= 15 is 0 Å². The van der Waals surface area contributed by atoms with Crippen LogP contribution >= 0.6 is 11.6 Å². The minimum absolute atomic E-state index is 0.679. The summed E-state index contributed by atoms with van der Waals surface area (Å²) in [5, 5.41) is 4.17. The first-order valence-corrected chi connectivity index (χ1v) is 9.40. The third-order valence-corrected chi connectivity index (χ3v) is 4.87. The molecule has 0 bridgehead atoms. The second-order valence-electron chi connectivity index (χ2n) is 6.38. The lowest BCUT2D eigenvalue weighted by atomic mass is 10.00. The van der Waals surface area contributed by atoms with Crippen LogP contribution in [0, 0.1) is 0 Å². The van der Waals surface area contributed by atoms with Gasteiger partial charge in [-0.15, -0.1) is 0 Å². The molecule has 0 amide bonds. The highest BCUT2D eigenvalue weighted by Crippen LogP contribution is 2.26. The molecule has 4 rings (SSSR count). The number of anilines is 2. The smallest absolute Gasteiger partial charge is 0.134 e. The van der Waals surface area contributed by atoms with E-state index in [0.29, 0.717) is 6.54 Å². The van der Waals surface area contributed by atoms with Crippen LogP contribution in [0.4, 0.5) is 11.6 Å². The molecule has 3 aromatic rings. The van der Waals surface area contributed by atoms with E-state index in [0.717, 1.165) is 48.5 Å². The van der Waals surface area contributed by atoms with E-state index in [1.165, 1.54) is 11.1 Å². The van der Waals surface area contributed by atoms with Gasteiger partial charge in [0, 0.05) is 30.7 Å². The van der Waals surface area contributed by atoms with Crippen molar-refractivity contribution >= 4 is 23.2 Å². The van der Waals surface area contributed by atoms with Crippen LogP contribution in [0.3, 0.4) is 0 Å². The number of ether oxygens (including phenoxy) is 1. The van der Waals surface area contributed by atoms with Crippen LogP contribution in [0.25, 0.3) is 11.1 Å². The quantitative estimate of drug-likeness (QED) is 0.717. The summed E-state index contributed by atoms with van der Waals surface area (Å²) in [6.45, 7) is 3.87. The molecule has 0 saturated carbocycles. The highest BCUT2D eigenvalue weighted by molar-refractivity contribution is 6.30. The monoisotopic (exact) mass is 380 g/mol. The lowest BCUT2D eigenvalue weighted by Crippen LogP contribution is -2.36. The predicted octanol–water partition coefficient (Wildman–Crippen LogP) is 4.25. The zero-order chi connectivity index (χ0) is 18.5. The van der Waals surface area contributed by atoms with Gasteiger partial charge in [-0.2, -0.15) is 0 Å². The van der Waals surface area contributed by atoms with Crippen molar-refractivity contribution in [2.24, 2.45) is 0 Å². The molecule has 1 saturated heterocycles. The van der Waals surface area contributed by atoms with Gasteiger partial charge in [-0.25, -0.2) is 9.97 Å². The second-order valence-corrected chi connectivity index (χ2v) is 6.81. The fraction of sp³-hybridized carbons (Fsp3) is 0.238. The summed E-state index contributed by atoms with van der Waals surface area (Å²) in [7, 11) is 0. The predicted molar refractivity (Wildman–Crippen MR) is 109 cm³/mol. The van der Waals surface area contributed by atoms with Crippen LogP contribution in [0.2, 0.25) is 5.02 Å². The van der Waals surface area contributed by atoms with E-state index < -0.39 is 0 Å². The molecular weight excluding hydrogens is 360 g/mol. The van der Waals surface area contributed by atoms with Crippen LogP contribution < -0.4 is 10.2 Å². The number of nitrogens with zero attached hydrogens (tertiary/aromatic N) is 3.